The van der Waals surface area contributed by atoms with E-state index in [2.05, 4.69) is 13.0 Å². The lowest BCUT2D eigenvalue weighted by molar-refractivity contribution is 0.389. The number of nitrogens with zero attached hydrogens (tertiary/aromatic N) is 2. The predicted octanol–water partition coefficient (Wildman–Crippen LogP) is 2.71. The number of methoxy groups -OCH3 is 1. The van der Waals surface area contributed by atoms with Crippen molar-refractivity contribution in [2.24, 2.45) is 11.3 Å². The average Bonchev–Trinajstić information content (AvgIpc) is 3.18. The monoisotopic (exact) mass is 334 g/mol. The molecule has 1 saturated carbocycles. The summed E-state index contributed by atoms with van der Waals surface area (Å²) in [4.78, 5) is 0. The smallest absolute Gasteiger partial charge is 0.216 e. The Morgan fingerprint density at radius 3 is 2.52 bits per heavy atom. The van der Waals surface area contributed by atoms with Gasteiger partial charge in [-0.05, 0) is 42.9 Å². The third kappa shape index (κ3) is 3.22. The molecule has 1 heterocycles. The minimum atomic E-state index is -3.43. The maximum atomic E-state index is 12.8. The molecule has 0 N–H and O–H groups in total. The molecule has 1 aliphatic carbocycles. The summed E-state index contributed by atoms with van der Waals surface area (Å²) < 4.78 is 32.5. The molecule has 5 nitrogen and oxygen atoms in total. The fraction of sp³-hybridized carbons (Fsp3) is 0.588. The fourth-order valence-electron chi connectivity index (χ4n) is 3.31. The van der Waals surface area contributed by atoms with Crippen LogP contribution in [0.2, 0.25) is 0 Å². The molecule has 124 valence electrons. The molecule has 1 aliphatic heterocycles. The molecule has 0 unspecified atom stereocenters. The highest BCUT2D eigenvalue weighted by atomic mass is 32.2. The molecule has 0 radical (unpaired) electrons. The molecule has 23 heavy (non-hydrogen) atoms. The Morgan fingerprint density at radius 1 is 1.35 bits per heavy atom. The molecule has 2 fully saturated rings. The first-order chi connectivity index (χ1) is 10.9. The van der Waals surface area contributed by atoms with E-state index in [4.69, 9.17) is 4.74 Å². The molecule has 0 bridgehead atoms. The van der Waals surface area contributed by atoms with Gasteiger partial charge in [0.1, 0.15) is 5.75 Å². The van der Waals surface area contributed by atoms with E-state index in [1.54, 1.807) is 11.4 Å². The minimum Gasteiger partial charge on any atom is -0.497 e. The van der Waals surface area contributed by atoms with Gasteiger partial charge in [0.15, 0.2) is 0 Å². The Balaban J connectivity index is 1.85. The molecule has 2 atom stereocenters. The maximum absolute atomic E-state index is 12.8. The van der Waals surface area contributed by atoms with Gasteiger partial charge in [-0.25, -0.2) is 8.42 Å². The van der Waals surface area contributed by atoms with Gasteiger partial charge in [-0.2, -0.15) is 9.57 Å². The second kappa shape index (κ2) is 5.81. The van der Waals surface area contributed by atoms with Crippen molar-refractivity contribution in [2.45, 2.75) is 32.2 Å². The first-order valence-corrected chi connectivity index (χ1v) is 9.55. The van der Waals surface area contributed by atoms with Crippen LogP contribution in [0.4, 0.5) is 0 Å². The predicted molar refractivity (Wildman–Crippen MR) is 87.3 cm³/mol. The summed E-state index contributed by atoms with van der Waals surface area (Å²) in [6, 6.07) is 9.63. The van der Waals surface area contributed by atoms with Crippen LogP contribution in [-0.2, 0) is 10.0 Å². The Bertz CT molecular complexity index is 717. The Labute approximate surface area is 137 Å². The van der Waals surface area contributed by atoms with Crippen LogP contribution in [0.1, 0.15) is 37.8 Å². The normalized spacial score (nSPS) is 26.7. The number of hydrogen-bond acceptors (Lipinski definition) is 4. The highest BCUT2D eigenvalue weighted by molar-refractivity contribution is 7.89. The molecule has 6 heteroatoms. The van der Waals surface area contributed by atoms with Gasteiger partial charge in [-0.15, -0.1) is 0 Å². The van der Waals surface area contributed by atoms with Crippen LogP contribution in [-0.4, -0.2) is 32.1 Å². The Morgan fingerprint density at radius 2 is 2.00 bits per heavy atom. The van der Waals surface area contributed by atoms with Crippen molar-refractivity contribution in [1.29, 1.82) is 5.26 Å². The third-order valence-corrected chi connectivity index (χ3v) is 6.91. The summed E-state index contributed by atoms with van der Waals surface area (Å²) >= 11 is 0. The van der Waals surface area contributed by atoms with E-state index in [0.717, 1.165) is 17.7 Å². The van der Waals surface area contributed by atoms with Crippen LogP contribution < -0.4 is 4.74 Å². The zero-order valence-corrected chi connectivity index (χ0v) is 14.3. The lowest BCUT2D eigenvalue weighted by Crippen LogP contribution is -2.35. The molecule has 0 aromatic heterocycles. The van der Waals surface area contributed by atoms with Crippen molar-refractivity contribution >= 4 is 10.0 Å². The van der Waals surface area contributed by atoms with Gasteiger partial charge in [0.05, 0.1) is 30.4 Å². The number of benzene rings is 1. The quantitative estimate of drug-likeness (QED) is 0.830. The van der Waals surface area contributed by atoms with Crippen LogP contribution in [0.3, 0.4) is 0 Å². The van der Waals surface area contributed by atoms with Crippen LogP contribution >= 0.6 is 0 Å². The van der Waals surface area contributed by atoms with E-state index < -0.39 is 15.4 Å². The zero-order valence-electron chi connectivity index (χ0n) is 13.5. The standard InChI is InChI=1S/C17H22N2O3S/c1-13-9-16(14-3-5-15(22-2)6-4-14)19(10-13)23(20,21)12-17(11-18)7-8-17/h3-6,13,16H,7-10,12H2,1-2H3/t13-,16-/m1/s1. The van der Waals surface area contributed by atoms with E-state index in [9.17, 15) is 13.7 Å². The van der Waals surface area contributed by atoms with E-state index >= 15 is 0 Å². The maximum Gasteiger partial charge on any atom is 0.216 e. The van der Waals surface area contributed by atoms with Crippen molar-refractivity contribution in [1.82, 2.24) is 4.31 Å². The minimum absolute atomic E-state index is 0.0458. The van der Waals surface area contributed by atoms with Crippen LogP contribution in [0.5, 0.6) is 5.75 Å². The van der Waals surface area contributed by atoms with Gasteiger partial charge in [0.25, 0.3) is 0 Å². The van der Waals surface area contributed by atoms with E-state index in [0.29, 0.717) is 25.3 Å². The number of hydrogen-bond donors (Lipinski definition) is 0. The van der Waals surface area contributed by atoms with E-state index in [-0.39, 0.29) is 11.8 Å². The lowest BCUT2D eigenvalue weighted by atomic mass is 10.0. The second-order valence-electron chi connectivity index (χ2n) is 6.85. The van der Waals surface area contributed by atoms with Crippen LogP contribution in [0, 0.1) is 22.7 Å². The molecule has 0 spiro atoms. The summed E-state index contributed by atoms with van der Waals surface area (Å²) in [5, 5.41) is 9.21. The summed E-state index contributed by atoms with van der Waals surface area (Å²) in [6.07, 6.45) is 2.20. The molecular weight excluding hydrogens is 312 g/mol. The lowest BCUT2D eigenvalue weighted by Gasteiger charge is -2.25. The van der Waals surface area contributed by atoms with Crippen molar-refractivity contribution in [3.63, 3.8) is 0 Å². The SMILES string of the molecule is COc1ccc([C@H]2C[C@@H](C)CN2S(=O)(=O)CC2(C#N)CC2)cc1. The van der Waals surface area contributed by atoms with Gasteiger partial charge in [0.2, 0.25) is 10.0 Å². The first-order valence-electron chi connectivity index (χ1n) is 7.94. The number of nitriles is 1. The van der Waals surface area contributed by atoms with Gasteiger partial charge in [0, 0.05) is 6.54 Å². The van der Waals surface area contributed by atoms with E-state index in [1.807, 2.05) is 24.3 Å². The Hall–Kier alpha value is -1.58. The summed E-state index contributed by atoms with van der Waals surface area (Å²) in [5.41, 5.74) is 0.343. The van der Waals surface area contributed by atoms with Crippen molar-refractivity contribution in [3.8, 4) is 11.8 Å². The molecule has 1 aromatic carbocycles. The molecule has 1 saturated heterocycles. The molecular formula is C17H22N2O3S. The van der Waals surface area contributed by atoms with E-state index in [1.165, 1.54) is 0 Å². The second-order valence-corrected chi connectivity index (χ2v) is 8.77. The average molecular weight is 334 g/mol. The Kier molecular flexibility index (Phi) is 4.11. The van der Waals surface area contributed by atoms with Gasteiger partial charge >= 0.3 is 0 Å². The highest BCUT2D eigenvalue weighted by Crippen LogP contribution is 2.48. The molecule has 3 rings (SSSR count). The summed E-state index contributed by atoms with van der Waals surface area (Å²) in [5.74, 6) is 1.03. The highest BCUT2D eigenvalue weighted by Gasteiger charge is 2.50. The van der Waals surface area contributed by atoms with Crippen LogP contribution in [0.15, 0.2) is 24.3 Å². The summed E-state index contributed by atoms with van der Waals surface area (Å²) in [7, 11) is -1.82. The van der Waals surface area contributed by atoms with Crippen LogP contribution in [0.25, 0.3) is 0 Å². The zero-order chi connectivity index (χ0) is 16.7. The third-order valence-electron chi connectivity index (χ3n) is 4.87. The number of sulfonamides is 1. The largest absolute Gasteiger partial charge is 0.497 e. The number of ether oxygens (including phenoxy) is 1. The molecule has 0 amide bonds. The first kappa shape index (κ1) is 16.3. The van der Waals surface area contributed by atoms with Gasteiger partial charge < -0.3 is 4.74 Å². The van der Waals surface area contributed by atoms with Gasteiger partial charge in [-0.1, -0.05) is 19.1 Å². The topological polar surface area (TPSA) is 70.4 Å². The fourth-order valence-corrected chi connectivity index (χ4v) is 5.61. The van der Waals surface area contributed by atoms with Crippen molar-refractivity contribution in [2.75, 3.05) is 19.4 Å². The van der Waals surface area contributed by atoms with Crippen molar-refractivity contribution < 1.29 is 13.2 Å². The number of rotatable bonds is 5. The molecule has 1 aromatic rings. The molecule has 2 aliphatic rings. The summed E-state index contributed by atoms with van der Waals surface area (Å²) in [6.45, 7) is 2.60. The van der Waals surface area contributed by atoms with Gasteiger partial charge in [-0.3, -0.25) is 0 Å². The van der Waals surface area contributed by atoms with Crippen molar-refractivity contribution in [3.05, 3.63) is 29.8 Å².